The second-order valence-corrected chi connectivity index (χ2v) is 5.22. The van der Waals surface area contributed by atoms with Crippen molar-refractivity contribution in [3.8, 4) is 0 Å². The summed E-state index contributed by atoms with van der Waals surface area (Å²) in [5, 5.41) is 13.2. The van der Waals surface area contributed by atoms with Crippen molar-refractivity contribution in [2.75, 3.05) is 0 Å². The maximum Gasteiger partial charge on any atom is 0.303 e. The van der Waals surface area contributed by atoms with Crippen molar-refractivity contribution >= 4 is 23.2 Å². The lowest BCUT2D eigenvalue weighted by Gasteiger charge is -2.12. The van der Waals surface area contributed by atoms with Crippen molar-refractivity contribution < 1.29 is 14.7 Å². The lowest BCUT2D eigenvalue weighted by atomic mass is 10.1. The summed E-state index contributed by atoms with van der Waals surface area (Å²) in [5.41, 5.74) is 1.69. The van der Waals surface area contributed by atoms with E-state index in [1.807, 2.05) is 26.2 Å². The molecule has 1 amide bonds. The molecule has 0 saturated carbocycles. The van der Waals surface area contributed by atoms with Gasteiger partial charge in [0.1, 0.15) is 0 Å². The van der Waals surface area contributed by atoms with Crippen LogP contribution in [0.25, 0.3) is 0 Å². The van der Waals surface area contributed by atoms with Crippen LogP contribution in [0.15, 0.2) is 5.38 Å². The summed E-state index contributed by atoms with van der Waals surface area (Å²) in [4.78, 5) is 23.4. The lowest BCUT2D eigenvalue weighted by molar-refractivity contribution is -0.137. The van der Waals surface area contributed by atoms with Gasteiger partial charge in [0.2, 0.25) is 0 Å². The molecule has 1 heterocycles. The van der Waals surface area contributed by atoms with Crippen molar-refractivity contribution in [3.63, 3.8) is 0 Å². The minimum absolute atomic E-state index is 0.0725. The van der Waals surface area contributed by atoms with Crippen LogP contribution in [0, 0.1) is 13.8 Å². The van der Waals surface area contributed by atoms with Gasteiger partial charge in [-0.1, -0.05) is 0 Å². The first-order chi connectivity index (χ1) is 7.91. The number of hydrogen-bond acceptors (Lipinski definition) is 3. The average molecular weight is 255 g/mol. The maximum absolute atomic E-state index is 11.9. The second-order valence-electron chi connectivity index (χ2n) is 4.14. The Morgan fingerprint density at radius 3 is 2.59 bits per heavy atom. The van der Waals surface area contributed by atoms with Crippen molar-refractivity contribution in [1.82, 2.24) is 5.32 Å². The molecule has 1 atom stereocenters. The zero-order valence-electron chi connectivity index (χ0n) is 10.2. The van der Waals surface area contributed by atoms with E-state index in [1.165, 1.54) is 0 Å². The predicted molar refractivity (Wildman–Crippen MR) is 67.6 cm³/mol. The van der Waals surface area contributed by atoms with Crippen LogP contribution in [-0.2, 0) is 4.79 Å². The summed E-state index contributed by atoms with van der Waals surface area (Å²) in [5.74, 6) is -0.960. The number of hydrogen-bond donors (Lipinski definition) is 2. The Labute approximate surface area is 105 Å². The first kappa shape index (κ1) is 13.7. The van der Waals surface area contributed by atoms with Gasteiger partial charge in [-0.15, -0.1) is 11.3 Å². The topological polar surface area (TPSA) is 66.4 Å². The molecule has 1 aromatic rings. The van der Waals surface area contributed by atoms with Gasteiger partial charge in [-0.05, 0) is 32.8 Å². The third-order valence-electron chi connectivity index (χ3n) is 2.70. The molecular weight excluding hydrogens is 238 g/mol. The Kier molecular flexibility index (Phi) is 4.69. The Balaban J connectivity index is 2.55. The molecule has 1 unspecified atom stereocenters. The van der Waals surface area contributed by atoms with E-state index in [4.69, 9.17) is 5.11 Å². The summed E-state index contributed by atoms with van der Waals surface area (Å²) in [6.45, 7) is 5.71. The molecule has 0 radical (unpaired) electrons. The summed E-state index contributed by atoms with van der Waals surface area (Å²) in [6, 6.07) is -0.127. The predicted octanol–water partition coefficient (Wildman–Crippen LogP) is 2.35. The van der Waals surface area contributed by atoms with Crippen LogP contribution in [0.1, 0.15) is 40.6 Å². The molecule has 5 heteroatoms. The van der Waals surface area contributed by atoms with Crippen LogP contribution in [0.2, 0.25) is 0 Å². The summed E-state index contributed by atoms with van der Waals surface area (Å²) in [6.07, 6.45) is 0.520. The van der Waals surface area contributed by atoms with Crippen LogP contribution >= 0.6 is 11.3 Å². The average Bonchev–Trinajstić information content (AvgIpc) is 2.57. The van der Waals surface area contributed by atoms with Crippen LogP contribution in [-0.4, -0.2) is 23.0 Å². The zero-order chi connectivity index (χ0) is 13.0. The molecule has 0 aliphatic carbocycles. The quantitative estimate of drug-likeness (QED) is 0.848. The van der Waals surface area contributed by atoms with Gasteiger partial charge in [-0.3, -0.25) is 9.59 Å². The molecule has 0 aliphatic heterocycles. The third-order valence-corrected chi connectivity index (χ3v) is 3.71. The molecule has 1 aromatic heterocycles. The van der Waals surface area contributed by atoms with E-state index in [-0.39, 0.29) is 18.4 Å². The highest BCUT2D eigenvalue weighted by atomic mass is 32.1. The molecule has 4 nitrogen and oxygen atoms in total. The zero-order valence-corrected chi connectivity index (χ0v) is 11.1. The van der Waals surface area contributed by atoms with Crippen LogP contribution in [0.4, 0.5) is 0 Å². The summed E-state index contributed by atoms with van der Waals surface area (Å²) < 4.78 is 0. The molecule has 0 aromatic carbocycles. The largest absolute Gasteiger partial charge is 0.481 e. The SMILES string of the molecule is Cc1scc(C(=O)NC(C)CCC(=O)O)c1C. The van der Waals surface area contributed by atoms with Gasteiger partial charge >= 0.3 is 5.97 Å². The van der Waals surface area contributed by atoms with Crippen LogP contribution < -0.4 is 5.32 Å². The Bertz CT molecular complexity index is 425. The molecule has 1 rings (SSSR count). The second kappa shape index (κ2) is 5.82. The number of carboxylic acid groups (broad SMARTS) is 1. The number of aryl methyl sites for hydroxylation is 1. The Hall–Kier alpha value is -1.36. The highest BCUT2D eigenvalue weighted by Crippen LogP contribution is 2.20. The molecule has 0 saturated heterocycles. The molecule has 94 valence electrons. The van der Waals surface area contributed by atoms with Crippen molar-refractivity contribution in [3.05, 3.63) is 21.4 Å². The van der Waals surface area contributed by atoms with E-state index in [9.17, 15) is 9.59 Å². The van der Waals surface area contributed by atoms with Crippen molar-refractivity contribution in [2.24, 2.45) is 0 Å². The number of carbonyl (C=O) groups excluding carboxylic acids is 1. The molecule has 0 fully saturated rings. The first-order valence-electron chi connectivity index (χ1n) is 5.49. The molecule has 0 aliphatic rings. The van der Waals surface area contributed by atoms with Crippen LogP contribution in [0.5, 0.6) is 0 Å². The van der Waals surface area contributed by atoms with Crippen molar-refractivity contribution in [1.29, 1.82) is 0 Å². The van der Waals surface area contributed by atoms with Gasteiger partial charge in [-0.25, -0.2) is 0 Å². The smallest absolute Gasteiger partial charge is 0.303 e. The number of aliphatic carboxylic acids is 1. The first-order valence-corrected chi connectivity index (χ1v) is 6.37. The minimum atomic E-state index is -0.839. The monoisotopic (exact) mass is 255 g/mol. The number of thiophene rings is 1. The van der Waals surface area contributed by atoms with Gasteiger partial charge in [-0.2, -0.15) is 0 Å². The van der Waals surface area contributed by atoms with E-state index in [0.717, 1.165) is 10.4 Å². The number of carbonyl (C=O) groups is 2. The fourth-order valence-corrected chi connectivity index (χ4v) is 2.32. The molecule has 0 bridgehead atoms. The molecular formula is C12H17NO3S. The fraction of sp³-hybridized carbons (Fsp3) is 0.500. The third kappa shape index (κ3) is 3.85. The normalized spacial score (nSPS) is 12.2. The summed E-state index contributed by atoms with van der Waals surface area (Å²) in [7, 11) is 0. The highest BCUT2D eigenvalue weighted by Gasteiger charge is 2.15. The molecule has 2 N–H and O–H groups in total. The maximum atomic E-state index is 11.9. The Morgan fingerprint density at radius 1 is 1.47 bits per heavy atom. The van der Waals surface area contributed by atoms with Crippen LogP contribution in [0.3, 0.4) is 0 Å². The van der Waals surface area contributed by atoms with E-state index < -0.39 is 5.97 Å². The van der Waals surface area contributed by atoms with Gasteiger partial charge < -0.3 is 10.4 Å². The number of nitrogens with one attached hydrogen (secondary N) is 1. The fourth-order valence-electron chi connectivity index (χ4n) is 1.45. The number of carboxylic acids is 1. The van der Waals surface area contributed by atoms with E-state index in [1.54, 1.807) is 11.3 Å². The van der Waals surface area contributed by atoms with Gasteiger partial charge in [0, 0.05) is 22.7 Å². The van der Waals surface area contributed by atoms with Gasteiger partial charge in [0.25, 0.3) is 5.91 Å². The summed E-state index contributed by atoms with van der Waals surface area (Å²) >= 11 is 1.55. The number of rotatable bonds is 5. The van der Waals surface area contributed by atoms with E-state index >= 15 is 0 Å². The highest BCUT2D eigenvalue weighted by molar-refractivity contribution is 7.10. The lowest BCUT2D eigenvalue weighted by Crippen LogP contribution is -2.33. The molecule has 17 heavy (non-hydrogen) atoms. The minimum Gasteiger partial charge on any atom is -0.481 e. The van der Waals surface area contributed by atoms with E-state index in [2.05, 4.69) is 5.32 Å². The number of amides is 1. The standard InChI is InChI=1S/C12H17NO3S/c1-7(4-5-11(14)15)13-12(16)10-6-17-9(3)8(10)2/h6-7H,4-5H2,1-3H3,(H,13,16)(H,14,15). The van der Waals surface area contributed by atoms with E-state index in [0.29, 0.717) is 12.0 Å². The Morgan fingerprint density at radius 2 is 2.12 bits per heavy atom. The van der Waals surface area contributed by atoms with Gasteiger partial charge in [0.05, 0.1) is 5.56 Å². The van der Waals surface area contributed by atoms with Gasteiger partial charge in [0.15, 0.2) is 0 Å². The molecule has 0 spiro atoms. The van der Waals surface area contributed by atoms with Crippen molar-refractivity contribution in [2.45, 2.75) is 39.7 Å².